The second kappa shape index (κ2) is 5.61. The van der Waals surface area contributed by atoms with Gasteiger partial charge in [-0.3, -0.25) is 0 Å². The van der Waals surface area contributed by atoms with Crippen LogP contribution >= 0.6 is 15.9 Å². The van der Waals surface area contributed by atoms with E-state index in [1.54, 1.807) is 18.2 Å². The standard InChI is InChI=1S/C15H15BrFNO/c1-9-3-5-12(15(19)7-9)10(2)18-11-4-6-13(16)14(17)8-11/h3-8,10,18-19H,1-2H3. The molecule has 0 heterocycles. The topological polar surface area (TPSA) is 32.3 Å². The highest BCUT2D eigenvalue weighted by molar-refractivity contribution is 9.10. The van der Waals surface area contributed by atoms with Crippen LogP contribution in [0.1, 0.15) is 24.1 Å². The molecule has 1 atom stereocenters. The van der Waals surface area contributed by atoms with Crippen LogP contribution in [0, 0.1) is 12.7 Å². The quantitative estimate of drug-likeness (QED) is 0.852. The van der Waals surface area contributed by atoms with Gasteiger partial charge in [-0.05, 0) is 59.6 Å². The number of aryl methyl sites for hydroxylation is 1. The van der Waals surface area contributed by atoms with Gasteiger partial charge in [0.1, 0.15) is 11.6 Å². The first-order chi connectivity index (χ1) is 8.97. The second-order valence-corrected chi connectivity index (χ2v) is 5.41. The van der Waals surface area contributed by atoms with Gasteiger partial charge in [-0.15, -0.1) is 0 Å². The first-order valence-electron chi connectivity index (χ1n) is 5.98. The number of benzene rings is 2. The maximum Gasteiger partial charge on any atom is 0.139 e. The number of phenols is 1. The number of halogens is 2. The van der Waals surface area contributed by atoms with Crippen molar-refractivity contribution in [1.29, 1.82) is 0 Å². The molecule has 0 saturated heterocycles. The van der Waals surface area contributed by atoms with Crippen LogP contribution in [0.25, 0.3) is 0 Å². The lowest BCUT2D eigenvalue weighted by molar-refractivity contribution is 0.465. The molecule has 0 aromatic heterocycles. The molecule has 0 radical (unpaired) electrons. The number of hydrogen-bond acceptors (Lipinski definition) is 2. The monoisotopic (exact) mass is 323 g/mol. The van der Waals surface area contributed by atoms with E-state index in [9.17, 15) is 9.50 Å². The molecule has 0 aliphatic carbocycles. The Kier molecular flexibility index (Phi) is 4.10. The number of anilines is 1. The maximum atomic E-state index is 13.4. The van der Waals surface area contributed by atoms with Crippen LogP contribution in [0.15, 0.2) is 40.9 Å². The third-order valence-corrected chi connectivity index (χ3v) is 3.60. The molecule has 0 bridgehead atoms. The highest BCUT2D eigenvalue weighted by atomic mass is 79.9. The minimum absolute atomic E-state index is 0.110. The summed E-state index contributed by atoms with van der Waals surface area (Å²) in [7, 11) is 0. The number of nitrogens with one attached hydrogen (secondary N) is 1. The third-order valence-electron chi connectivity index (χ3n) is 2.96. The number of rotatable bonds is 3. The lowest BCUT2D eigenvalue weighted by atomic mass is 10.0. The van der Waals surface area contributed by atoms with E-state index in [1.807, 2.05) is 26.0 Å². The van der Waals surface area contributed by atoms with E-state index in [2.05, 4.69) is 21.2 Å². The molecule has 0 spiro atoms. The lowest BCUT2D eigenvalue weighted by Gasteiger charge is -2.17. The van der Waals surface area contributed by atoms with Crippen molar-refractivity contribution in [2.24, 2.45) is 0 Å². The first-order valence-corrected chi connectivity index (χ1v) is 6.78. The Labute approximate surface area is 120 Å². The molecule has 0 aliphatic heterocycles. The Bertz CT molecular complexity index is 601. The Morgan fingerprint density at radius 3 is 2.58 bits per heavy atom. The number of hydrogen-bond donors (Lipinski definition) is 2. The Morgan fingerprint density at radius 1 is 1.21 bits per heavy atom. The van der Waals surface area contributed by atoms with Gasteiger partial charge < -0.3 is 10.4 Å². The van der Waals surface area contributed by atoms with E-state index in [1.165, 1.54) is 6.07 Å². The zero-order valence-corrected chi connectivity index (χ0v) is 12.3. The Morgan fingerprint density at radius 2 is 1.95 bits per heavy atom. The summed E-state index contributed by atoms with van der Waals surface area (Å²) in [6.45, 7) is 3.84. The maximum absolute atomic E-state index is 13.4. The van der Waals surface area contributed by atoms with E-state index in [0.29, 0.717) is 10.2 Å². The fraction of sp³-hybridized carbons (Fsp3) is 0.200. The van der Waals surface area contributed by atoms with E-state index < -0.39 is 0 Å². The molecule has 2 aromatic carbocycles. The molecule has 2 aromatic rings. The highest BCUT2D eigenvalue weighted by Crippen LogP contribution is 2.28. The molecule has 0 amide bonds. The van der Waals surface area contributed by atoms with E-state index in [4.69, 9.17) is 0 Å². The van der Waals surface area contributed by atoms with Crippen LogP contribution in [0.2, 0.25) is 0 Å². The average molecular weight is 324 g/mol. The van der Waals surface area contributed by atoms with Gasteiger partial charge in [0, 0.05) is 11.3 Å². The van der Waals surface area contributed by atoms with Gasteiger partial charge in [-0.1, -0.05) is 12.1 Å². The van der Waals surface area contributed by atoms with Gasteiger partial charge in [-0.25, -0.2) is 4.39 Å². The summed E-state index contributed by atoms with van der Waals surface area (Å²) in [6.07, 6.45) is 0. The largest absolute Gasteiger partial charge is 0.508 e. The molecule has 2 nitrogen and oxygen atoms in total. The fourth-order valence-corrected chi connectivity index (χ4v) is 2.18. The summed E-state index contributed by atoms with van der Waals surface area (Å²) >= 11 is 3.12. The molecule has 2 N–H and O–H groups in total. The van der Waals surface area contributed by atoms with Gasteiger partial charge in [0.25, 0.3) is 0 Å². The molecule has 2 rings (SSSR count). The van der Waals surface area contributed by atoms with Crippen LogP contribution in [0.3, 0.4) is 0 Å². The summed E-state index contributed by atoms with van der Waals surface area (Å²) in [5.41, 5.74) is 2.46. The van der Waals surface area contributed by atoms with Gasteiger partial charge >= 0.3 is 0 Å². The number of aromatic hydroxyl groups is 1. The highest BCUT2D eigenvalue weighted by Gasteiger charge is 2.11. The van der Waals surface area contributed by atoms with E-state index >= 15 is 0 Å². The molecule has 1 unspecified atom stereocenters. The molecular weight excluding hydrogens is 309 g/mol. The molecule has 0 saturated carbocycles. The van der Waals surface area contributed by atoms with E-state index in [-0.39, 0.29) is 17.6 Å². The van der Waals surface area contributed by atoms with Crippen LogP contribution < -0.4 is 5.32 Å². The van der Waals surface area contributed by atoms with Crippen molar-refractivity contribution in [3.05, 3.63) is 57.8 Å². The Hall–Kier alpha value is -1.55. The van der Waals surface area contributed by atoms with Gasteiger partial charge in [0.2, 0.25) is 0 Å². The van der Waals surface area contributed by atoms with Gasteiger partial charge in [-0.2, -0.15) is 0 Å². The summed E-state index contributed by atoms with van der Waals surface area (Å²) in [4.78, 5) is 0. The molecule has 19 heavy (non-hydrogen) atoms. The van der Waals surface area contributed by atoms with Crippen molar-refractivity contribution >= 4 is 21.6 Å². The molecule has 100 valence electrons. The summed E-state index contributed by atoms with van der Waals surface area (Å²) in [6, 6.07) is 10.3. The van der Waals surface area contributed by atoms with Crippen LogP contribution in [0.5, 0.6) is 5.75 Å². The normalized spacial score (nSPS) is 12.2. The van der Waals surface area contributed by atoms with E-state index in [0.717, 1.165) is 11.1 Å². The first kappa shape index (κ1) is 13.9. The van der Waals surface area contributed by atoms with Crippen LogP contribution in [0.4, 0.5) is 10.1 Å². The second-order valence-electron chi connectivity index (χ2n) is 4.56. The molecule has 4 heteroatoms. The molecule has 0 aliphatic rings. The van der Waals surface area contributed by atoms with Crippen LogP contribution in [-0.4, -0.2) is 5.11 Å². The third kappa shape index (κ3) is 3.26. The smallest absolute Gasteiger partial charge is 0.139 e. The lowest BCUT2D eigenvalue weighted by Crippen LogP contribution is -2.07. The van der Waals surface area contributed by atoms with Crippen molar-refractivity contribution in [1.82, 2.24) is 0 Å². The zero-order chi connectivity index (χ0) is 14.0. The van der Waals surface area contributed by atoms with Crippen molar-refractivity contribution in [3.8, 4) is 5.75 Å². The fourth-order valence-electron chi connectivity index (χ4n) is 1.93. The summed E-state index contributed by atoms with van der Waals surface area (Å²) in [5.74, 6) is -0.0667. The SMILES string of the molecule is Cc1ccc(C(C)Nc2ccc(Br)c(F)c2)c(O)c1. The number of phenolic OH excluding ortho intramolecular Hbond substituents is 1. The van der Waals surface area contributed by atoms with Gasteiger partial charge in [0.15, 0.2) is 0 Å². The molecule has 0 fully saturated rings. The van der Waals surface area contributed by atoms with Crippen molar-refractivity contribution in [2.45, 2.75) is 19.9 Å². The van der Waals surface area contributed by atoms with Gasteiger partial charge in [0.05, 0.1) is 10.5 Å². The summed E-state index contributed by atoms with van der Waals surface area (Å²) in [5, 5.41) is 13.1. The average Bonchev–Trinajstić information content (AvgIpc) is 2.33. The zero-order valence-electron chi connectivity index (χ0n) is 10.7. The minimum atomic E-state index is -0.315. The Balaban J connectivity index is 2.20. The molecular formula is C15H15BrFNO. The van der Waals surface area contributed by atoms with Crippen LogP contribution in [-0.2, 0) is 0 Å². The minimum Gasteiger partial charge on any atom is -0.508 e. The van der Waals surface area contributed by atoms with Crippen molar-refractivity contribution in [2.75, 3.05) is 5.32 Å². The summed E-state index contributed by atoms with van der Waals surface area (Å²) < 4.78 is 13.9. The van der Waals surface area contributed by atoms with Crippen molar-refractivity contribution < 1.29 is 9.50 Å². The predicted molar refractivity (Wildman–Crippen MR) is 79.0 cm³/mol. The predicted octanol–water partition coefficient (Wildman–Crippen LogP) is 4.78. The van der Waals surface area contributed by atoms with Crippen molar-refractivity contribution in [3.63, 3.8) is 0 Å².